The van der Waals surface area contributed by atoms with Gasteiger partial charge in [0.25, 0.3) is 0 Å². The molecule has 150 valence electrons. The molecule has 29 heavy (non-hydrogen) atoms. The van der Waals surface area contributed by atoms with Gasteiger partial charge in [-0.1, -0.05) is 24.3 Å². The number of aryl methyl sites for hydroxylation is 2. The Morgan fingerprint density at radius 3 is 2.24 bits per heavy atom. The summed E-state index contributed by atoms with van der Waals surface area (Å²) in [6, 6.07) is 19.3. The van der Waals surface area contributed by atoms with Crippen molar-refractivity contribution in [2.75, 3.05) is 47.4 Å². The third-order valence-corrected chi connectivity index (χ3v) is 5.46. The molecule has 2 heterocycles. The summed E-state index contributed by atoms with van der Waals surface area (Å²) in [5.41, 5.74) is 5.02. The van der Waals surface area contributed by atoms with Gasteiger partial charge in [0.15, 0.2) is 0 Å². The largest absolute Gasteiger partial charge is 0.368 e. The van der Waals surface area contributed by atoms with Gasteiger partial charge in [-0.2, -0.15) is 4.98 Å². The molecule has 0 radical (unpaired) electrons. The van der Waals surface area contributed by atoms with Crippen LogP contribution in [0, 0.1) is 13.8 Å². The van der Waals surface area contributed by atoms with E-state index in [-0.39, 0.29) is 0 Å². The van der Waals surface area contributed by atoms with E-state index in [0.717, 1.165) is 44.5 Å². The summed E-state index contributed by atoms with van der Waals surface area (Å²) in [4.78, 5) is 16.5. The molecule has 1 aliphatic rings. The van der Waals surface area contributed by atoms with Gasteiger partial charge in [0.05, 0.1) is 0 Å². The van der Waals surface area contributed by atoms with Crippen LogP contribution in [0.5, 0.6) is 0 Å². The minimum atomic E-state index is 0.817. The monoisotopic (exact) mass is 387 g/mol. The van der Waals surface area contributed by atoms with Crippen LogP contribution in [-0.2, 0) is 0 Å². The molecule has 2 aromatic carbocycles. The first kappa shape index (κ1) is 19.2. The highest BCUT2D eigenvalue weighted by Crippen LogP contribution is 2.26. The Balaban J connectivity index is 1.49. The summed E-state index contributed by atoms with van der Waals surface area (Å²) in [5, 5.41) is 0. The van der Waals surface area contributed by atoms with Gasteiger partial charge in [0, 0.05) is 50.3 Å². The Morgan fingerprint density at radius 1 is 0.862 bits per heavy atom. The first-order chi connectivity index (χ1) is 14.1. The van der Waals surface area contributed by atoms with Gasteiger partial charge in [-0.15, -0.1) is 0 Å². The maximum Gasteiger partial charge on any atom is 0.227 e. The molecular weight excluding hydrogens is 358 g/mol. The first-order valence-electron chi connectivity index (χ1n) is 10.4. The van der Waals surface area contributed by atoms with Gasteiger partial charge in [0.1, 0.15) is 5.82 Å². The fourth-order valence-electron chi connectivity index (χ4n) is 3.90. The summed E-state index contributed by atoms with van der Waals surface area (Å²) < 4.78 is 0. The number of benzene rings is 2. The Labute approximate surface area is 173 Å². The van der Waals surface area contributed by atoms with Crippen molar-refractivity contribution in [3.8, 4) is 0 Å². The zero-order valence-electron chi connectivity index (χ0n) is 17.5. The third kappa shape index (κ3) is 4.34. The number of rotatable bonds is 5. The van der Waals surface area contributed by atoms with Gasteiger partial charge in [0.2, 0.25) is 5.95 Å². The van der Waals surface area contributed by atoms with Crippen LogP contribution in [0.2, 0.25) is 0 Å². The molecule has 0 atom stereocenters. The van der Waals surface area contributed by atoms with Crippen LogP contribution < -0.4 is 14.7 Å². The predicted octanol–water partition coefficient (Wildman–Crippen LogP) is 4.58. The number of piperazine rings is 1. The van der Waals surface area contributed by atoms with Crippen molar-refractivity contribution in [2.24, 2.45) is 0 Å². The van der Waals surface area contributed by atoms with Crippen molar-refractivity contribution in [3.63, 3.8) is 0 Å². The summed E-state index contributed by atoms with van der Waals surface area (Å²) in [5.74, 6) is 1.77. The SMILES string of the molecule is CCN(c1cccc(C)c1)c1ccnc(N2CCN(c3cccc(C)c3)CC2)n1. The van der Waals surface area contributed by atoms with Crippen LogP contribution in [0.4, 0.5) is 23.1 Å². The van der Waals surface area contributed by atoms with Crippen molar-refractivity contribution < 1.29 is 0 Å². The number of nitrogens with zero attached hydrogens (tertiary/aromatic N) is 5. The molecule has 0 saturated carbocycles. The van der Waals surface area contributed by atoms with Crippen LogP contribution >= 0.6 is 0 Å². The maximum absolute atomic E-state index is 4.91. The van der Waals surface area contributed by atoms with Crippen molar-refractivity contribution in [3.05, 3.63) is 71.9 Å². The molecule has 4 rings (SSSR count). The fraction of sp³-hybridized carbons (Fsp3) is 0.333. The van der Waals surface area contributed by atoms with Crippen molar-refractivity contribution in [1.82, 2.24) is 9.97 Å². The van der Waals surface area contributed by atoms with Crippen molar-refractivity contribution >= 4 is 23.1 Å². The van der Waals surface area contributed by atoms with Gasteiger partial charge in [-0.3, -0.25) is 0 Å². The lowest BCUT2D eigenvalue weighted by atomic mass is 10.2. The topological polar surface area (TPSA) is 35.5 Å². The van der Waals surface area contributed by atoms with Crippen molar-refractivity contribution in [2.45, 2.75) is 20.8 Å². The average molecular weight is 388 g/mol. The zero-order chi connectivity index (χ0) is 20.2. The molecule has 1 saturated heterocycles. The van der Waals surface area contributed by atoms with Crippen LogP contribution in [0.1, 0.15) is 18.1 Å². The van der Waals surface area contributed by atoms with Crippen LogP contribution in [-0.4, -0.2) is 42.7 Å². The molecule has 1 aromatic heterocycles. The van der Waals surface area contributed by atoms with E-state index in [1.54, 1.807) is 0 Å². The van der Waals surface area contributed by atoms with Crippen LogP contribution in [0.15, 0.2) is 60.8 Å². The molecule has 0 bridgehead atoms. The molecule has 0 amide bonds. The third-order valence-electron chi connectivity index (χ3n) is 5.46. The lowest BCUT2D eigenvalue weighted by molar-refractivity contribution is 0.639. The molecule has 0 N–H and O–H groups in total. The van der Waals surface area contributed by atoms with Gasteiger partial charge in [-0.05, 0) is 62.2 Å². The quantitative estimate of drug-likeness (QED) is 0.640. The average Bonchev–Trinajstić information content (AvgIpc) is 2.75. The van der Waals surface area contributed by atoms with E-state index in [0.29, 0.717) is 0 Å². The van der Waals surface area contributed by atoms with E-state index in [1.165, 1.54) is 22.5 Å². The number of aromatic nitrogens is 2. The minimum Gasteiger partial charge on any atom is -0.368 e. The number of hydrogen-bond donors (Lipinski definition) is 0. The molecule has 1 aliphatic heterocycles. The predicted molar refractivity (Wildman–Crippen MR) is 121 cm³/mol. The maximum atomic E-state index is 4.91. The van der Waals surface area contributed by atoms with E-state index >= 15 is 0 Å². The van der Waals surface area contributed by atoms with Gasteiger partial charge in [-0.25, -0.2) is 4.98 Å². The zero-order valence-corrected chi connectivity index (χ0v) is 17.5. The minimum absolute atomic E-state index is 0.817. The number of anilines is 4. The molecule has 5 nitrogen and oxygen atoms in total. The summed E-state index contributed by atoms with van der Waals surface area (Å²) in [6.07, 6.45) is 1.88. The smallest absolute Gasteiger partial charge is 0.227 e. The normalized spacial score (nSPS) is 14.2. The highest BCUT2D eigenvalue weighted by atomic mass is 15.3. The lowest BCUT2D eigenvalue weighted by Gasteiger charge is -2.36. The second-order valence-corrected chi connectivity index (χ2v) is 7.61. The van der Waals surface area contributed by atoms with Gasteiger partial charge < -0.3 is 14.7 Å². The standard InChI is InChI=1S/C24H29N5/c1-4-29(22-10-6-8-20(3)18-22)23-11-12-25-24(26-23)28-15-13-27(14-16-28)21-9-5-7-19(2)17-21/h5-12,17-18H,4,13-16H2,1-3H3. The highest BCUT2D eigenvalue weighted by molar-refractivity contribution is 5.61. The Morgan fingerprint density at radius 2 is 1.55 bits per heavy atom. The summed E-state index contributed by atoms with van der Waals surface area (Å²) in [7, 11) is 0. The van der Waals surface area contributed by atoms with E-state index in [4.69, 9.17) is 4.98 Å². The molecule has 0 unspecified atom stereocenters. The fourth-order valence-corrected chi connectivity index (χ4v) is 3.90. The highest BCUT2D eigenvalue weighted by Gasteiger charge is 2.20. The summed E-state index contributed by atoms with van der Waals surface area (Å²) in [6.45, 7) is 11.1. The summed E-state index contributed by atoms with van der Waals surface area (Å²) >= 11 is 0. The Hall–Kier alpha value is -3.08. The Kier molecular flexibility index (Phi) is 5.65. The molecule has 5 heteroatoms. The second-order valence-electron chi connectivity index (χ2n) is 7.61. The van der Waals surface area contributed by atoms with Crippen molar-refractivity contribution in [1.29, 1.82) is 0 Å². The van der Waals surface area contributed by atoms with E-state index in [9.17, 15) is 0 Å². The van der Waals surface area contributed by atoms with E-state index in [2.05, 4.69) is 89.0 Å². The van der Waals surface area contributed by atoms with Gasteiger partial charge >= 0.3 is 0 Å². The molecule has 1 fully saturated rings. The Bertz CT molecular complexity index is 963. The lowest BCUT2D eigenvalue weighted by Crippen LogP contribution is -2.47. The van der Waals surface area contributed by atoms with Crippen LogP contribution in [0.25, 0.3) is 0 Å². The van der Waals surface area contributed by atoms with E-state index < -0.39 is 0 Å². The molecule has 0 aliphatic carbocycles. The van der Waals surface area contributed by atoms with E-state index in [1.807, 2.05) is 12.3 Å². The second kappa shape index (κ2) is 8.52. The molecule has 3 aromatic rings. The molecular formula is C24H29N5. The van der Waals surface area contributed by atoms with Crippen LogP contribution in [0.3, 0.4) is 0 Å². The first-order valence-corrected chi connectivity index (χ1v) is 10.4. The molecule has 0 spiro atoms. The number of hydrogen-bond acceptors (Lipinski definition) is 5.